The molecular formula is C30H43F3N6O9. The Morgan fingerprint density at radius 1 is 1.02 bits per heavy atom. The molecule has 0 saturated carbocycles. The Kier molecular flexibility index (Phi) is 13.2. The summed E-state index contributed by atoms with van der Waals surface area (Å²) < 4.78 is 62.0. The van der Waals surface area contributed by atoms with Gasteiger partial charge in [-0.15, -0.1) is 5.10 Å². The minimum absolute atomic E-state index is 0.123. The summed E-state index contributed by atoms with van der Waals surface area (Å²) in [6.45, 7) is 9.01. The molecule has 2 rings (SSSR count). The second kappa shape index (κ2) is 16.0. The first-order valence-corrected chi connectivity index (χ1v) is 14.7. The Bertz CT molecular complexity index is 1440. The van der Waals surface area contributed by atoms with Gasteiger partial charge in [-0.05, 0) is 45.7 Å². The van der Waals surface area contributed by atoms with Gasteiger partial charge >= 0.3 is 23.8 Å². The van der Waals surface area contributed by atoms with Crippen molar-refractivity contribution in [3.8, 4) is 11.5 Å². The van der Waals surface area contributed by atoms with Gasteiger partial charge in [0.15, 0.2) is 0 Å². The molecule has 3 N–H and O–H groups in total. The van der Waals surface area contributed by atoms with Crippen molar-refractivity contribution in [2.45, 2.75) is 84.1 Å². The van der Waals surface area contributed by atoms with Crippen LogP contribution in [0.4, 0.5) is 18.0 Å². The van der Waals surface area contributed by atoms with E-state index in [1.807, 2.05) is 0 Å². The third-order valence-electron chi connectivity index (χ3n) is 6.94. The zero-order chi connectivity index (χ0) is 36.6. The third-order valence-corrected chi connectivity index (χ3v) is 6.94. The summed E-state index contributed by atoms with van der Waals surface area (Å²) in [6.07, 6.45) is -5.58. The van der Waals surface area contributed by atoms with Crippen LogP contribution in [-0.2, 0) is 42.5 Å². The molecule has 0 saturated heterocycles. The van der Waals surface area contributed by atoms with Crippen molar-refractivity contribution in [1.82, 2.24) is 30.5 Å². The van der Waals surface area contributed by atoms with Gasteiger partial charge in [0.05, 0.1) is 46.7 Å². The summed E-state index contributed by atoms with van der Waals surface area (Å²) in [5.74, 6) is -2.74. The van der Waals surface area contributed by atoms with E-state index < -0.39 is 65.6 Å². The summed E-state index contributed by atoms with van der Waals surface area (Å²) in [4.78, 5) is 52.5. The number of halogens is 3. The Morgan fingerprint density at radius 2 is 1.67 bits per heavy atom. The molecule has 0 aliphatic heterocycles. The Labute approximate surface area is 276 Å². The van der Waals surface area contributed by atoms with Crippen LogP contribution in [0.25, 0.3) is 0 Å². The number of amides is 3. The monoisotopic (exact) mass is 688 g/mol. The van der Waals surface area contributed by atoms with Gasteiger partial charge in [0.25, 0.3) is 0 Å². The average Bonchev–Trinajstić information content (AvgIpc) is 3.46. The van der Waals surface area contributed by atoms with Gasteiger partial charge in [0.1, 0.15) is 28.8 Å². The van der Waals surface area contributed by atoms with Crippen molar-refractivity contribution < 1.29 is 56.4 Å². The molecule has 0 aliphatic carbocycles. The molecule has 0 spiro atoms. The number of aromatic nitrogens is 3. The summed E-state index contributed by atoms with van der Waals surface area (Å²) >= 11 is 0. The summed E-state index contributed by atoms with van der Waals surface area (Å²) in [5.41, 5.74) is -5.50. The standard InChI is InChI=1S/C30H43F3N6O9/c1-17(2)21(14-39-15-23(36-37-39)29(44,26(42)47-9)30(31,32)33)35-24(40)16-38(13-19-10-11-20(45-7)12-22(19)46-8)25(41)18(3)34-27(43)48-28(4,5)6/h10-12,15,17-18,21,44H,13-14,16H2,1-9H3,(H,34,43)(H,35,40)/t18-,21-,29?/m0/s1. The van der Waals surface area contributed by atoms with Crippen molar-refractivity contribution in [1.29, 1.82) is 0 Å². The maximum absolute atomic E-state index is 13.7. The van der Waals surface area contributed by atoms with E-state index in [9.17, 15) is 37.5 Å². The molecule has 1 heterocycles. The second-order valence-corrected chi connectivity index (χ2v) is 12.2. The fraction of sp³-hybridized carbons (Fsp3) is 0.600. The molecule has 3 atom stereocenters. The van der Waals surface area contributed by atoms with Crippen molar-refractivity contribution in [2.75, 3.05) is 27.9 Å². The van der Waals surface area contributed by atoms with E-state index in [1.165, 1.54) is 26.0 Å². The maximum atomic E-state index is 13.7. The van der Waals surface area contributed by atoms with E-state index in [-0.39, 0.29) is 19.0 Å². The fourth-order valence-corrected chi connectivity index (χ4v) is 4.34. The van der Waals surface area contributed by atoms with Gasteiger partial charge in [-0.2, -0.15) is 13.2 Å². The Hall–Kier alpha value is -4.61. The lowest BCUT2D eigenvalue weighted by Crippen LogP contribution is -2.52. The van der Waals surface area contributed by atoms with Crippen LogP contribution in [0.15, 0.2) is 24.4 Å². The highest BCUT2D eigenvalue weighted by Crippen LogP contribution is 2.39. The third kappa shape index (κ3) is 10.2. The number of carbonyl (C=O) groups excluding carboxylic acids is 4. The number of alkyl carbamates (subject to hydrolysis) is 1. The number of aliphatic hydroxyl groups is 1. The highest BCUT2D eigenvalue weighted by Gasteiger charge is 2.64. The molecule has 268 valence electrons. The largest absolute Gasteiger partial charge is 0.497 e. The second-order valence-electron chi connectivity index (χ2n) is 12.2. The lowest BCUT2D eigenvalue weighted by atomic mass is 10.00. The number of carbonyl (C=O) groups is 4. The number of esters is 1. The number of rotatable bonds is 14. The Balaban J connectivity index is 2.33. The van der Waals surface area contributed by atoms with Crippen molar-refractivity contribution >= 4 is 23.9 Å². The predicted molar refractivity (Wildman–Crippen MR) is 163 cm³/mol. The van der Waals surface area contributed by atoms with Gasteiger partial charge < -0.3 is 39.6 Å². The molecule has 0 bridgehead atoms. The summed E-state index contributed by atoms with van der Waals surface area (Å²) in [7, 11) is 3.58. The first-order chi connectivity index (χ1) is 22.2. The van der Waals surface area contributed by atoms with Crippen molar-refractivity contribution in [3.05, 3.63) is 35.7 Å². The van der Waals surface area contributed by atoms with Gasteiger partial charge in [0.2, 0.25) is 11.8 Å². The maximum Gasteiger partial charge on any atom is 0.434 e. The molecule has 1 aromatic heterocycles. The van der Waals surface area contributed by atoms with Gasteiger partial charge in [-0.25, -0.2) is 9.59 Å². The number of hydrogen-bond acceptors (Lipinski definition) is 11. The molecule has 1 aromatic carbocycles. The molecule has 1 unspecified atom stereocenters. The number of ether oxygens (including phenoxy) is 4. The molecular weight excluding hydrogens is 645 g/mol. The number of nitrogens with one attached hydrogen (secondary N) is 2. The highest BCUT2D eigenvalue weighted by atomic mass is 19.4. The first kappa shape index (κ1) is 39.6. The number of benzene rings is 1. The number of alkyl halides is 3. The van der Waals surface area contributed by atoms with Crippen LogP contribution in [0.2, 0.25) is 0 Å². The zero-order valence-corrected chi connectivity index (χ0v) is 28.3. The lowest BCUT2D eigenvalue weighted by Gasteiger charge is -2.29. The van der Waals surface area contributed by atoms with Crippen LogP contribution in [0.5, 0.6) is 11.5 Å². The SMILES string of the molecule is COC(=O)C(O)(c1cn(C[C@H](NC(=O)CN(Cc2ccc(OC)cc2OC)C(=O)[C@H](C)NC(=O)OC(C)(C)C)C(C)C)nn1)C(F)(F)F. The molecule has 0 fully saturated rings. The van der Waals surface area contributed by atoms with Gasteiger partial charge in [-0.1, -0.05) is 19.1 Å². The van der Waals surface area contributed by atoms with Crippen molar-refractivity contribution in [2.24, 2.45) is 5.92 Å². The van der Waals surface area contributed by atoms with Crippen LogP contribution in [0.1, 0.15) is 52.8 Å². The van der Waals surface area contributed by atoms with Crippen molar-refractivity contribution in [3.63, 3.8) is 0 Å². The van der Waals surface area contributed by atoms with E-state index in [0.29, 0.717) is 24.2 Å². The quantitative estimate of drug-likeness (QED) is 0.248. The van der Waals surface area contributed by atoms with Crippen LogP contribution in [0, 0.1) is 5.92 Å². The van der Waals surface area contributed by atoms with E-state index in [2.05, 4.69) is 25.7 Å². The molecule has 0 radical (unpaired) electrons. The molecule has 15 nitrogen and oxygen atoms in total. The normalized spacial score (nSPS) is 14.3. The molecule has 0 aliphatic rings. The van der Waals surface area contributed by atoms with Gasteiger partial charge in [-0.3, -0.25) is 14.3 Å². The lowest BCUT2D eigenvalue weighted by molar-refractivity contribution is -0.268. The predicted octanol–water partition coefficient (Wildman–Crippen LogP) is 2.30. The summed E-state index contributed by atoms with van der Waals surface area (Å²) in [5, 5.41) is 22.4. The zero-order valence-electron chi connectivity index (χ0n) is 28.3. The molecule has 2 aromatic rings. The average molecular weight is 689 g/mol. The smallest absolute Gasteiger partial charge is 0.434 e. The molecule has 3 amide bonds. The van der Waals surface area contributed by atoms with Crippen LogP contribution >= 0.6 is 0 Å². The van der Waals surface area contributed by atoms with Gasteiger partial charge in [0, 0.05) is 18.2 Å². The summed E-state index contributed by atoms with van der Waals surface area (Å²) in [6, 6.07) is 3.01. The number of hydrogen-bond donors (Lipinski definition) is 3. The van der Waals surface area contributed by atoms with Crippen LogP contribution in [0.3, 0.4) is 0 Å². The van der Waals surface area contributed by atoms with Crippen LogP contribution in [-0.4, -0.2) is 101 Å². The number of nitrogens with zero attached hydrogens (tertiary/aromatic N) is 4. The Morgan fingerprint density at radius 3 is 2.19 bits per heavy atom. The number of methoxy groups -OCH3 is 3. The minimum atomic E-state index is -5.47. The minimum Gasteiger partial charge on any atom is -0.497 e. The first-order valence-electron chi connectivity index (χ1n) is 14.7. The van der Waals surface area contributed by atoms with E-state index in [1.54, 1.807) is 52.8 Å². The fourth-order valence-electron chi connectivity index (χ4n) is 4.34. The van der Waals surface area contributed by atoms with E-state index in [4.69, 9.17) is 14.2 Å². The van der Waals surface area contributed by atoms with E-state index in [0.717, 1.165) is 10.9 Å². The van der Waals surface area contributed by atoms with E-state index >= 15 is 0 Å². The van der Waals surface area contributed by atoms with Crippen LogP contribution < -0.4 is 20.1 Å². The highest BCUT2D eigenvalue weighted by molar-refractivity contribution is 5.89. The topological polar surface area (TPSA) is 183 Å². The molecule has 18 heteroatoms. The molecule has 48 heavy (non-hydrogen) atoms.